The van der Waals surface area contributed by atoms with Crippen molar-refractivity contribution in [3.63, 3.8) is 0 Å². The number of methoxy groups -OCH3 is 1. The van der Waals surface area contributed by atoms with Crippen molar-refractivity contribution in [1.29, 1.82) is 0 Å². The number of hydrogen-bond donors (Lipinski definition) is 3. The van der Waals surface area contributed by atoms with E-state index in [1.807, 2.05) is 32.0 Å². The summed E-state index contributed by atoms with van der Waals surface area (Å²) in [6, 6.07) is 7.26. The Labute approximate surface area is 163 Å². The van der Waals surface area contributed by atoms with Crippen molar-refractivity contribution in [3.05, 3.63) is 45.1 Å². The van der Waals surface area contributed by atoms with Crippen LogP contribution >= 0.6 is 12.2 Å². The van der Waals surface area contributed by atoms with Crippen molar-refractivity contribution in [2.24, 2.45) is 0 Å². The Balaban J connectivity index is 2.39. The van der Waals surface area contributed by atoms with E-state index in [4.69, 9.17) is 22.7 Å². The minimum Gasteiger partial charge on any atom is -0.497 e. The predicted octanol–water partition coefficient (Wildman–Crippen LogP) is 2.15. The zero-order valence-electron chi connectivity index (χ0n) is 15.7. The van der Waals surface area contributed by atoms with E-state index < -0.39 is 11.2 Å². The van der Waals surface area contributed by atoms with E-state index in [1.54, 1.807) is 18.1 Å². The van der Waals surface area contributed by atoms with Crippen LogP contribution in [0.3, 0.4) is 0 Å². The lowest BCUT2D eigenvalue weighted by atomic mass is 10.3. The molecule has 0 saturated heterocycles. The number of unbranched alkanes of at least 4 members (excludes halogenated alkanes) is 1. The second-order valence-corrected chi connectivity index (χ2v) is 6.29. The number of aromatic nitrogens is 2. The van der Waals surface area contributed by atoms with Crippen molar-refractivity contribution in [2.75, 3.05) is 29.6 Å². The Morgan fingerprint density at radius 2 is 2.11 bits per heavy atom. The Bertz CT molecular complexity index is 922. The van der Waals surface area contributed by atoms with Gasteiger partial charge in [0.1, 0.15) is 11.6 Å². The molecular weight excluding hydrogens is 366 g/mol. The Morgan fingerprint density at radius 1 is 1.37 bits per heavy atom. The van der Waals surface area contributed by atoms with Gasteiger partial charge in [0.05, 0.1) is 7.11 Å². The van der Waals surface area contributed by atoms with E-state index in [2.05, 4.69) is 10.3 Å². The lowest BCUT2D eigenvalue weighted by Gasteiger charge is -2.26. The third-order valence-corrected chi connectivity index (χ3v) is 4.42. The average Bonchev–Trinajstić information content (AvgIpc) is 2.64. The van der Waals surface area contributed by atoms with Crippen molar-refractivity contribution >= 4 is 34.5 Å². The highest BCUT2D eigenvalue weighted by atomic mass is 32.1. The molecule has 4 N–H and O–H groups in total. The van der Waals surface area contributed by atoms with E-state index in [-0.39, 0.29) is 11.5 Å². The van der Waals surface area contributed by atoms with Gasteiger partial charge in [-0.2, -0.15) is 0 Å². The fraction of sp³-hybridized carbons (Fsp3) is 0.389. The van der Waals surface area contributed by atoms with Gasteiger partial charge in [-0.15, -0.1) is 0 Å². The summed E-state index contributed by atoms with van der Waals surface area (Å²) in [6.07, 6.45) is 1.67. The van der Waals surface area contributed by atoms with Crippen LogP contribution in [0, 0.1) is 0 Å². The molecule has 8 nitrogen and oxygen atoms in total. The van der Waals surface area contributed by atoms with Gasteiger partial charge in [-0.3, -0.25) is 14.3 Å². The molecule has 0 saturated carbocycles. The zero-order chi connectivity index (χ0) is 20.0. The Hall–Kier alpha value is -2.81. The summed E-state index contributed by atoms with van der Waals surface area (Å²) >= 11 is 5.48. The number of nitrogen functional groups attached to an aromatic ring is 1. The van der Waals surface area contributed by atoms with Gasteiger partial charge in [0.2, 0.25) is 0 Å². The van der Waals surface area contributed by atoms with Crippen LogP contribution in [-0.4, -0.2) is 28.3 Å². The molecule has 2 rings (SSSR count). The summed E-state index contributed by atoms with van der Waals surface area (Å²) in [4.78, 5) is 28.5. The lowest BCUT2D eigenvalue weighted by Crippen LogP contribution is -2.42. The monoisotopic (exact) mass is 391 g/mol. The van der Waals surface area contributed by atoms with E-state index >= 15 is 0 Å². The van der Waals surface area contributed by atoms with Crippen LogP contribution in [0.4, 0.5) is 17.2 Å². The largest absolute Gasteiger partial charge is 0.497 e. The average molecular weight is 391 g/mol. The summed E-state index contributed by atoms with van der Waals surface area (Å²) in [5.74, 6) is 0.783. The van der Waals surface area contributed by atoms with Gasteiger partial charge in [-0.05, 0) is 37.7 Å². The molecule has 0 aliphatic carbocycles. The third kappa shape index (κ3) is 4.68. The van der Waals surface area contributed by atoms with Crippen LogP contribution < -0.4 is 31.9 Å². The topological polar surface area (TPSA) is 105 Å². The van der Waals surface area contributed by atoms with Gasteiger partial charge in [0.15, 0.2) is 10.8 Å². The molecule has 0 unspecified atom stereocenters. The molecule has 0 fully saturated rings. The van der Waals surface area contributed by atoms with Gasteiger partial charge >= 0.3 is 5.69 Å². The van der Waals surface area contributed by atoms with Crippen molar-refractivity contribution in [1.82, 2.24) is 9.55 Å². The number of nitrogens with zero attached hydrogens (tertiary/aromatic N) is 2. The summed E-state index contributed by atoms with van der Waals surface area (Å²) in [7, 11) is 1.58. The van der Waals surface area contributed by atoms with E-state index in [0.29, 0.717) is 29.6 Å². The molecule has 1 heterocycles. The molecule has 1 aromatic heterocycles. The molecule has 0 aliphatic rings. The number of anilines is 3. The molecule has 0 amide bonds. The number of thiocarbonyl (C=S) groups is 1. The number of nitrogens with two attached hydrogens (primary N) is 1. The normalized spacial score (nSPS) is 10.5. The van der Waals surface area contributed by atoms with E-state index in [9.17, 15) is 9.59 Å². The highest BCUT2D eigenvalue weighted by Crippen LogP contribution is 2.21. The van der Waals surface area contributed by atoms with Crippen molar-refractivity contribution in [2.45, 2.75) is 33.2 Å². The standard InChI is InChI=1S/C18H25N5O3S/c1-4-6-10-23-15(19)14(16(24)21-17(23)25)22(5-2)18(27)20-12-8-7-9-13(11-12)26-3/h7-9,11H,4-6,10,19H2,1-3H3,(H,20,27)(H,21,24,25). The van der Waals surface area contributed by atoms with E-state index in [1.165, 1.54) is 4.57 Å². The number of H-pyrrole nitrogens is 1. The molecule has 2 aromatic rings. The lowest BCUT2D eigenvalue weighted by molar-refractivity contribution is 0.415. The van der Waals surface area contributed by atoms with Crippen LogP contribution in [0.5, 0.6) is 5.75 Å². The third-order valence-electron chi connectivity index (χ3n) is 4.10. The maximum Gasteiger partial charge on any atom is 0.330 e. The number of nitrogens with one attached hydrogen (secondary N) is 2. The predicted molar refractivity (Wildman–Crippen MR) is 113 cm³/mol. The fourth-order valence-electron chi connectivity index (χ4n) is 2.67. The minimum atomic E-state index is -0.568. The number of rotatable bonds is 7. The molecular formula is C18H25N5O3S. The minimum absolute atomic E-state index is 0.105. The summed E-state index contributed by atoms with van der Waals surface area (Å²) in [5, 5.41) is 3.37. The molecule has 9 heteroatoms. The van der Waals surface area contributed by atoms with E-state index in [0.717, 1.165) is 12.8 Å². The Morgan fingerprint density at radius 3 is 2.74 bits per heavy atom. The van der Waals surface area contributed by atoms with Gasteiger partial charge in [0, 0.05) is 24.8 Å². The molecule has 0 spiro atoms. The quantitative estimate of drug-likeness (QED) is 0.621. The van der Waals surface area contributed by atoms with Crippen LogP contribution in [0.25, 0.3) is 0 Å². The van der Waals surface area contributed by atoms with Crippen LogP contribution in [0.2, 0.25) is 0 Å². The smallest absolute Gasteiger partial charge is 0.330 e. The highest BCUT2D eigenvalue weighted by Gasteiger charge is 2.21. The number of ether oxygens (including phenoxy) is 1. The van der Waals surface area contributed by atoms with Crippen molar-refractivity contribution < 1.29 is 4.74 Å². The van der Waals surface area contributed by atoms with Crippen LogP contribution in [0.1, 0.15) is 26.7 Å². The van der Waals surface area contributed by atoms with Gasteiger partial charge in [-0.25, -0.2) is 4.79 Å². The second-order valence-electron chi connectivity index (χ2n) is 5.90. The summed E-state index contributed by atoms with van der Waals surface area (Å²) < 4.78 is 6.57. The van der Waals surface area contributed by atoms with Gasteiger partial charge < -0.3 is 20.7 Å². The molecule has 1 aromatic carbocycles. The maximum absolute atomic E-state index is 12.4. The molecule has 0 bridgehead atoms. The van der Waals surface area contributed by atoms with Crippen LogP contribution in [0.15, 0.2) is 33.9 Å². The number of aromatic amines is 1. The maximum atomic E-state index is 12.4. The summed E-state index contributed by atoms with van der Waals surface area (Å²) in [6.45, 7) is 4.69. The van der Waals surface area contributed by atoms with Gasteiger partial charge in [-0.1, -0.05) is 19.4 Å². The first-order valence-corrected chi connectivity index (χ1v) is 9.18. The molecule has 146 valence electrons. The van der Waals surface area contributed by atoms with Crippen molar-refractivity contribution in [3.8, 4) is 5.75 Å². The van der Waals surface area contributed by atoms with Crippen LogP contribution in [-0.2, 0) is 6.54 Å². The molecule has 0 radical (unpaired) electrons. The molecule has 27 heavy (non-hydrogen) atoms. The highest BCUT2D eigenvalue weighted by molar-refractivity contribution is 7.80. The SMILES string of the molecule is CCCCn1c(N)c(N(CC)C(=S)Nc2cccc(OC)c2)c(=O)[nH]c1=O. The Kier molecular flexibility index (Phi) is 7.00. The molecule has 0 atom stereocenters. The first kappa shape index (κ1) is 20.5. The number of benzene rings is 1. The first-order valence-electron chi connectivity index (χ1n) is 8.78. The van der Waals surface area contributed by atoms with Gasteiger partial charge in [0.25, 0.3) is 5.56 Å². The second kappa shape index (κ2) is 9.22. The first-order chi connectivity index (χ1) is 12.9. The molecule has 0 aliphatic heterocycles. The number of hydrogen-bond acceptors (Lipinski definition) is 5. The zero-order valence-corrected chi connectivity index (χ0v) is 16.6. The fourth-order valence-corrected chi connectivity index (χ4v) is 3.01. The summed E-state index contributed by atoms with van der Waals surface area (Å²) in [5.41, 5.74) is 5.96.